The first-order chi connectivity index (χ1) is 10.5. The summed E-state index contributed by atoms with van der Waals surface area (Å²) < 4.78 is 0. The summed E-state index contributed by atoms with van der Waals surface area (Å²) in [4.78, 5) is 16.1. The third kappa shape index (κ3) is 2.62. The van der Waals surface area contributed by atoms with Crippen molar-refractivity contribution in [2.75, 3.05) is 7.05 Å². The molecule has 4 aliphatic carbocycles. The first-order valence-corrected chi connectivity index (χ1v) is 9.68. The summed E-state index contributed by atoms with van der Waals surface area (Å²) in [6.45, 7) is 2.93. The van der Waals surface area contributed by atoms with Gasteiger partial charge in [-0.25, -0.2) is 0 Å². The smallest absolute Gasteiger partial charge is 0.223 e. The van der Waals surface area contributed by atoms with Gasteiger partial charge < -0.3 is 4.90 Å². The lowest BCUT2D eigenvalue weighted by molar-refractivity contribution is -0.138. The van der Waals surface area contributed by atoms with Crippen LogP contribution in [-0.4, -0.2) is 17.9 Å². The van der Waals surface area contributed by atoms with E-state index in [9.17, 15) is 4.79 Å². The zero-order chi connectivity index (χ0) is 15.3. The van der Waals surface area contributed by atoms with Gasteiger partial charge in [-0.2, -0.15) is 0 Å². The summed E-state index contributed by atoms with van der Waals surface area (Å²) >= 11 is 1.77. The van der Waals surface area contributed by atoms with Crippen LogP contribution >= 0.6 is 11.3 Å². The van der Waals surface area contributed by atoms with Crippen LogP contribution in [0.15, 0.2) is 11.4 Å². The Kier molecular flexibility index (Phi) is 3.60. The summed E-state index contributed by atoms with van der Waals surface area (Å²) in [5.74, 6) is 3.17. The summed E-state index contributed by atoms with van der Waals surface area (Å²) in [6, 6.07) is 2.15. The van der Waals surface area contributed by atoms with Crippen molar-refractivity contribution in [2.45, 2.75) is 58.4 Å². The van der Waals surface area contributed by atoms with Gasteiger partial charge in [-0.1, -0.05) is 0 Å². The van der Waals surface area contributed by atoms with Crippen molar-refractivity contribution >= 4 is 17.2 Å². The maximum Gasteiger partial charge on any atom is 0.223 e. The lowest BCUT2D eigenvalue weighted by atomic mass is 9.49. The third-order valence-corrected chi connectivity index (χ3v) is 7.47. The van der Waals surface area contributed by atoms with Crippen LogP contribution in [0.5, 0.6) is 0 Å². The second-order valence-electron chi connectivity index (χ2n) is 8.37. The van der Waals surface area contributed by atoms with Gasteiger partial charge >= 0.3 is 0 Å². The molecule has 0 N–H and O–H groups in total. The van der Waals surface area contributed by atoms with Crippen LogP contribution in [0.4, 0.5) is 0 Å². The van der Waals surface area contributed by atoms with Crippen LogP contribution in [0.3, 0.4) is 0 Å². The lowest BCUT2D eigenvalue weighted by Crippen LogP contribution is -2.48. The summed E-state index contributed by atoms with van der Waals surface area (Å²) in [6.07, 6.45) is 9.16. The van der Waals surface area contributed by atoms with Gasteiger partial charge in [0.2, 0.25) is 5.91 Å². The predicted molar refractivity (Wildman–Crippen MR) is 90.8 cm³/mol. The molecule has 22 heavy (non-hydrogen) atoms. The molecule has 0 aliphatic heterocycles. The highest BCUT2D eigenvalue weighted by Crippen LogP contribution is 2.61. The fraction of sp³-hybridized carbons (Fsp3) is 0.737. The zero-order valence-corrected chi connectivity index (χ0v) is 14.6. The molecule has 4 aliphatic rings. The third-order valence-electron chi connectivity index (χ3n) is 6.47. The van der Waals surface area contributed by atoms with E-state index in [1.54, 1.807) is 11.3 Å². The Hall–Kier alpha value is -0.830. The molecule has 1 aromatic heterocycles. The Morgan fingerprint density at radius 2 is 1.82 bits per heavy atom. The molecule has 0 atom stereocenters. The topological polar surface area (TPSA) is 20.3 Å². The van der Waals surface area contributed by atoms with Crippen LogP contribution in [0.25, 0.3) is 0 Å². The molecule has 1 aromatic rings. The number of rotatable bonds is 4. The number of carbonyl (C=O) groups excluding carboxylic acids is 1. The Morgan fingerprint density at radius 1 is 1.23 bits per heavy atom. The molecule has 4 fully saturated rings. The highest BCUT2D eigenvalue weighted by Gasteiger charge is 2.51. The Morgan fingerprint density at radius 3 is 2.32 bits per heavy atom. The van der Waals surface area contributed by atoms with E-state index in [1.165, 1.54) is 49.0 Å². The maximum atomic E-state index is 12.8. The molecule has 120 valence electrons. The van der Waals surface area contributed by atoms with E-state index in [2.05, 4.69) is 18.4 Å². The van der Waals surface area contributed by atoms with Crippen LogP contribution < -0.4 is 0 Å². The second kappa shape index (κ2) is 5.36. The van der Waals surface area contributed by atoms with E-state index in [4.69, 9.17) is 0 Å². The molecule has 0 aromatic carbocycles. The van der Waals surface area contributed by atoms with Crippen LogP contribution in [0.1, 0.15) is 55.4 Å². The van der Waals surface area contributed by atoms with E-state index in [-0.39, 0.29) is 0 Å². The number of hydrogen-bond acceptors (Lipinski definition) is 2. The lowest BCUT2D eigenvalue weighted by Gasteiger charge is -2.56. The fourth-order valence-electron chi connectivity index (χ4n) is 5.83. The van der Waals surface area contributed by atoms with Gasteiger partial charge in [-0.3, -0.25) is 4.79 Å². The van der Waals surface area contributed by atoms with Crippen LogP contribution in [0.2, 0.25) is 0 Å². The molecule has 5 rings (SSSR count). The minimum absolute atomic E-state index is 0.366. The minimum Gasteiger partial charge on any atom is -0.341 e. The average Bonchev–Trinajstić information content (AvgIpc) is 2.82. The van der Waals surface area contributed by atoms with Gasteiger partial charge in [0, 0.05) is 18.3 Å². The van der Waals surface area contributed by atoms with Crippen molar-refractivity contribution in [3.05, 3.63) is 21.9 Å². The van der Waals surface area contributed by atoms with Gasteiger partial charge in [-0.05, 0) is 85.6 Å². The molecular weight excluding hydrogens is 290 g/mol. The molecule has 4 saturated carbocycles. The van der Waals surface area contributed by atoms with Gasteiger partial charge in [0.15, 0.2) is 0 Å². The average molecular weight is 317 g/mol. The molecule has 3 heteroatoms. The number of thiophene rings is 1. The van der Waals surface area contributed by atoms with Crippen LogP contribution in [0, 0.1) is 30.1 Å². The molecule has 0 spiro atoms. The summed E-state index contributed by atoms with van der Waals surface area (Å²) in [5.41, 5.74) is 1.68. The highest BCUT2D eigenvalue weighted by molar-refractivity contribution is 7.10. The number of hydrogen-bond donors (Lipinski definition) is 0. The van der Waals surface area contributed by atoms with E-state index >= 15 is 0 Å². The molecule has 1 heterocycles. The van der Waals surface area contributed by atoms with Crippen molar-refractivity contribution in [1.29, 1.82) is 0 Å². The van der Waals surface area contributed by atoms with Gasteiger partial charge in [-0.15, -0.1) is 11.3 Å². The van der Waals surface area contributed by atoms with Crippen molar-refractivity contribution in [3.63, 3.8) is 0 Å². The van der Waals surface area contributed by atoms with E-state index in [1.807, 2.05) is 11.9 Å². The first-order valence-electron chi connectivity index (χ1n) is 8.80. The molecule has 4 bridgehead atoms. The van der Waals surface area contributed by atoms with Gasteiger partial charge in [0.1, 0.15) is 0 Å². The van der Waals surface area contributed by atoms with Crippen LogP contribution in [-0.2, 0) is 11.3 Å². The molecule has 1 amide bonds. The first kappa shape index (κ1) is 14.7. The van der Waals surface area contributed by atoms with Crippen molar-refractivity contribution in [3.8, 4) is 0 Å². The molecule has 2 nitrogen and oxygen atoms in total. The summed E-state index contributed by atoms with van der Waals surface area (Å²) in [7, 11) is 1.99. The standard InChI is InChI=1S/C19H27NOS/c1-13-3-4-22-17(13)12-20(2)18(21)11-19-8-14-5-15(9-19)7-16(6-14)10-19/h3-4,14-16H,5-12H2,1-2H3. The van der Waals surface area contributed by atoms with Crippen molar-refractivity contribution in [2.24, 2.45) is 23.2 Å². The monoisotopic (exact) mass is 317 g/mol. The number of amides is 1. The molecule has 0 unspecified atom stereocenters. The Balaban J connectivity index is 1.42. The van der Waals surface area contributed by atoms with Crippen molar-refractivity contribution < 1.29 is 4.79 Å². The van der Waals surface area contributed by atoms with Crippen molar-refractivity contribution in [1.82, 2.24) is 4.90 Å². The number of nitrogens with zero attached hydrogens (tertiary/aromatic N) is 1. The molecule has 0 saturated heterocycles. The SMILES string of the molecule is Cc1ccsc1CN(C)C(=O)CC12CC3CC(CC(C3)C1)C2. The largest absolute Gasteiger partial charge is 0.341 e. The fourth-order valence-corrected chi connectivity index (χ4v) is 6.79. The second-order valence-corrected chi connectivity index (χ2v) is 9.37. The Labute approximate surface area is 137 Å². The minimum atomic E-state index is 0.366. The predicted octanol–water partition coefficient (Wildman–Crippen LogP) is 4.62. The quantitative estimate of drug-likeness (QED) is 0.793. The summed E-state index contributed by atoms with van der Waals surface area (Å²) in [5, 5.41) is 2.13. The normalized spacial score (nSPS) is 35.8. The van der Waals surface area contributed by atoms with E-state index in [0.717, 1.165) is 30.7 Å². The van der Waals surface area contributed by atoms with E-state index < -0.39 is 0 Å². The molecule has 0 radical (unpaired) electrons. The van der Waals surface area contributed by atoms with E-state index in [0.29, 0.717) is 11.3 Å². The van der Waals surface area contributed by atoms with Gasteiger partial charge in [0.25, 0.3) is 0 Å². The maximum absolute atomic E-state index is 12.8. The number of carbonyl (C=O) groups is 1. The number of aryl methyl sites for hydroxylation is 1. The zero-order valence-electron chi connectivity index (χ0n) is 13.8. The Bertz CT molecular complexity index is 540. The highest BCUT2D eigenvalue weighted by atomic mass is 32.1. The van der Waals surface area contributed by atoms with Gasteiger partial charge in [0.05, 0.1) is 6.54 Å². The molecular formula is C19H27NOS.